The van der Waals surface area contributed by atoms with E-state index >= 15 is 0 Å². The first-order valence-corrected chi connectivity index (χ1v) is 8.86. The molecule has 0 aliphatic carbocycles. The first-order chi connectivity index (χ1) is 10.8. The molecule has 0 aromatic heterocycles. The third-order valence-corrected chi connectivity index (χ3v) is 4.63. The minimum Gasteiger partial charge on any atom is -0.478 e. The molecule has 8 heteroatoms. The molecule has 0 unspecified atom stereocenters. The molecule has 0 heterocycles. The van der Waals surface area contributed by atoms with Gasteiger partial charge in [0.2, 0.25) is 10.0 Å². The maximum Gasteiger partial charge on any atom is 0.337 e. The SMILES string of the molecule is COCCNS(=O)(=O)c1ccc(NCCC(C)C)c(C(=O)O)c1. The number of carboxylic acid groups (broad SMARTS) is 1. The van der Waals surface area contributed by atoms with Crippen molar-refractivity contribution in [2.45, 2.75) is 25.2 Å². The summed E-state index contributed by atoms with van der Waals surface area (Å²) < 4.78 is 31.4. The Hall–Kier alpha value is -1.64. The monoisotopic (exact) mass is 344 g/mol. The van der Waals surface area contributed by atoms with Crippen LogP contribution in [0.3, 0.4) is 0 Å². The van der Waals surface area contributed by atoms with Gasteiger partial charge in [-0.25, -0.2) is 17.9 Å². The smallest absolute Gasteiger partial charge is 0.337 e. The highest BCUT2D eigenvalue weighted by Crippen LogP contribution is 2.21. The van der Waals surface area contributed by atoms with Crippen LogP contribution in [0.2, 0.25) is 0 Å². The molecule has 0 atom stereocenters. The van der Waals surface area contributed by atoms with E-state index in [9.17, 15) is 18.3 Å². The van der Waals surface area contributed by atoms with Crippen LogP contribution >= 0.6 is 0 Å². The molecule has 0 fully saturated rings. The quantitative estimate of drug-likeness (QED) is 0.559. The van der Waals surface area contributed by atoms with Crippen LogP contribution in [0, 0.1) is 5.92 Å². The molecule has 1 rings (SSSR count). The van der Waals surface area contributed by atoms with Gasteiger partial charge in [-0.3, -0.25) is 0 Å². The summed E-state index contributed by atoms with van der Waals surface area (Å²) in [5.41, 5.74) is 0.345. The lowest BCUT2D eigenvalue weighted by Crippen LogP contribution is -2.27. The zero-order chi connectivity index (χ0) is 17.5. The number of rotatable bonds is 10. The van der Waals surface area contributed by atoms with Crippen molar-refractivity contribution >= 4 is 21.7 Å². The van der Waals surface area contributed by atoms with Crippen LogP contribution in [0.4, 0.5) is 5.69 Å². The molecule has 3 N–H and O–H groups in total. The Balaban J connectivity index is 2.96. The van der Waals surface area contributed by atoms with Crippen molar-refractivity contribution < 1.29 is 23.1 Å². The van der Waals surface area contributed by atoms with E-state index in [1.54, 1.807) is 0 Å². The summed E-state index contributed by atoms with van der Waals surface area (Å²) in [5, 5.41) is 12.3. The van der Waals surface area contributed by atoms with E-state index in [0.717, 1.165) is 12.5 Å². The number of hydrogen-bond acceptors (Lipinski definition) is 5. The average molecular weight is 344 g/mol. The fourth-order valence-corrected chi connectivity index (χ4v) is 2.92. The molecule has 7 nitrogen and oxygen atoms in total. The number of sulfonamides is 1. The predicted molar refractivity (Wildman–Crippen MR) is 88.4 cm³/mol. The highest BCUT2D eigenvalue weighted by Gasteiger charge is 2.18. The maximum absolute atomic E-state index is 12.1. The van der Waals surface area contributed by atoms with E-state index in [-0.39, 0.29) is 23.6 Å². The van der Waals surface area contributed by atoms with Crippen LogP contribution in [0.15, 0.2) is 23.1 Å². The van der Waals surface area contributed by atoms with Crippen molar-refractivity contribution in [3.8, 4) is 0 Å². The number of nitrogens with one attached hydrogen (secondary N) is 2. The number of ether oxygens (including phenoxy) is 1. The van der Waals surface area contributed by atoms with E-state index in [1.807, 2.05) is 0 Å². The number of methoxy groups -OCH3 is 1. The lowest BCUT2D eigenvalue weighted by atomic mass is 10.1. The van der Waals surface area contributed by atoms with Crippen molar-refractivity contribution in [1.29, 1.82) is 0 Å². The number of carboxylic acids is 1. The van der Waals surface area contributed by atoms with E-state index < -0.39 is 16.0 Å². The molecule has 0 saturated carbocycles. The topological polar surface area (TPSA) is 105 Å². The molecule has 0 aliphatic heterocycles. The zero-order valence-electron chi connectivity index (χ0n) is 13.6. The van der Waals surface area contributed by atoms with Gasteiger partial charge in [0.25, 0.3) is 0 Å². The van der Waals surface area contributed by atoms with Crippen LogP contribution < -0.4 is 10.0 Å². The second-order valence-corrected chi connectivity index (χ2v) is 7.28. The van der Waals surface area contributed by atoms with Crippen molar-refractivity contribution in [2.75, 3.05) is 32.1 Å². The molecule has 0 saturated heterocycles. The fraction of sp³-hybridized carbons (Fsp3) is 0.533. The Morgan fingerprint density at radius 1 is 1.30 bits per heavy atom. The predicted octanol–water partition coefficient (Wildman–Crippen LogP) is 1.77. The third-order valence-electron chi connectivity index (χ3n) is 3.17. The van der Waals surface area contributed by atoms with Gasteiger partial charge in [0.1, 0.15) is 0 Å². The summed E-state index contributed by atoms with van der Waals surface area (Å²) in [4.78, 5) is 11.3. The van der Waals surface area contributed by atoms with Crippen LogP contribution in [0.5, 0.6) is 0 Å². The maximum atomic E-state index is 12.1. The van der Waals surface area contributed by atoms with Crippen LogP contribution in [0.1, 0.15) is 30.6 Å². The van der Waals surface area contributed by atoms with Crippen LogP contribution in [-0.4, -0.2) is 46.3 Å². The second kappa shape index (κ2) is 8.85. The molecular weight excluding hydrogens is 320 g/mol. The summed E-state index contributed by atoms with van der Waals surface area (Å²) in [6.07, 6.45) is 0.887. The Labute approximate surface area is 137 Å². The summed E-state index contributed by atoms with van der Waals surface area (Å²) in [6, 6.07) is 4.03. The minimum atomic E-state index is -3.76. The number of benzene rings is 1. The molecule has 23 heavy (non-hydrogen) atoms. The molecule has 130 valence electrons. The average Bonchev–Trinajstić information content (AvgIpc) is 2.47. The summed E-state index contributed by atoms with van der Waals surface area (Å²) in [5.74, 6) is -0.689. The Bertz CT molecular complexity index is 629. The molecule has 0 bridgehead atoms. The lowest BCUT2D eigenvalue weighted by molar-refractivity contribution is 0.0697. The molecular formula is C15H24N2O5S. The zero-order valence-corrected chi connectivity index (χ0v) is 14.4. The van der Waals surface area contributed by atoms with Gasteiger partial charge in [-0.1, -0.05) is 13.8 Å². The van der Waals surface area contributed by atoms with Gasteiger partial charge in [0.05, 0.1) is 17.1 Å². The number of hydrogen-bond donors (Lipinski definition) is 3. The summed E-state index contributed by atoms with van der Waals surface area (Å²) >= 11 is 0. The lowest BCUT2D eigenvalue weighted by Gasteiger charge is -2.13. The van der Waals surface area contributed by atoms with Gasteiger partial charge in [-0.05, 0) is 30.5 Å². The van der Waals surface area contributed by atoms with Crippen LogP contribution in [0.25, 0.3) is 0 Å². The molecule has 0 amide bonds. The highest BCUT2D eigenvalue weighted by molar-refractivity contribution is 7.89. The van der Waals surface area contributed by atoms with Gasteiger partial charge >= 0.3 is 5.97 Å². The van der Waals surface area contributed by atoms with E-state index in [0.29, 0.717) is 18.2 Å². The molecule has 0 spiro atoms. The summed E-state index contributed by atoms with van der Waals surface area (Å²) in [7, 11) is -2.29. The molecule has 0 radical (unpaired) electrons. The van der Waals surface area contributed by atoms with E-state index in [1.165, 1.54) is 19.2 Å². The first kappa shape index (κ1) is 19.4. The molecule has 1 aromatic rings. The van der Waals surface area contributed by atoms with Gasteiger partial charge < -0.3 is 15.2 Å². The number of carbonyl (C=O) groups is 1. The van der Waals surface area contributed by atoms with Crippen LogP contribution in [-0.2, 0) is 14.8 Å². The van der Waals surface area contributed by atoms with Crippen molar-refractivity contribution in [1.82, 2.24) is 4.72 Å². The normalized spacial score (nSPS) is 11.7. The summed E-state index contributed by atoms with van der Waals surface area (Å²) in [6.45, 7) is 5.12. The van der Waals surface area contributed by atoms with E-state index in [4.69, 9.17) is 4.74 Å². The van der Waals surface area contributed by atoms with Crippen molar-refractivity contribution in [3.05, 3.63) is 23.8 Å². The Morgan fingerprint density at radius 3 is 2.57 bits per heavy atom. The third kappa shape index (κ3) is 6.17. The largest absolute Gasteiger partial charge is 0.478 e. The number of aromatic carboxylic acids is 1. The molecule has 1 aromatic carbocycles. The highest BCUT2D eigenvalue weighted by atomic mass is 32.2. The van der Waals surface area contributed by atoms with Gasteiger partial charge in [0.15, 0.2) is 0 Å². The van der Waals surface area contributed by atoms with Gasteiger partial charge in [0, 0.05) is 25.9 Å². The van der Waals surface area contributed by atoms with Gasteiger partial charge in [-0.2, -0.15) is 0 Å². The first-order valence-electron chi connectivity index (χ1n) is 7.37. The molecule has 0 aliphatic rings. The fourth-order valence-electron chi connectivity index (χ4n) is 1.88. The minimum absolute atomic E-state index is 0.0663. The second-order valence-electron chi connectivity index (χ2n) is 5.51. The van der Waals surface area contributed by atoms with Crippen molar-refractivity contribution in [3.63, 3.8) is 0 Å². The van der Waals surface area contributed by atoms with E-state index in [2.05, 4.69) is 23.9 Å². The Kier molecular flexibility index (Phi) is 7.47. The van der Waals surface area contributed by atoms with Crippen molar-refractivity contribution in [2.24, 2.45) is 5.92 Å². The standard InChI is InChI=1S/C15H24N2O5S/c1-11(2)6-7-16-14-5-4-12(10-13(14)15(18)19)23(20,21)17-8-9-22-3/h4-5,10-11,16-17H,6-9H2,1-3H3,(H,18,19). The number of anilines is 1. The van der Waals surface area contributed by atoms with Gasteiger partial charge in [-0.15, -0.1) is 0 Å². The Morgan fingerprint density at radius 2 is 2.00 bits per heavy atom.